The molecule has 2 aromatic heterocycles. The molecule has 146 valence electrons. The maximum Gasteiger partial charge on any atom is 0.254 e. The first kappa shape index (κ1) is 18.8. The zero-order valence-electron chi connectivity index (χ0n) is 16.2. The van der Waals surface area contributed by atoms with Crippen molar-refractivity contribution in [1.82, 2.24) is 4.57 Å². The third-order valence-corrected chi connectivity index (χ3v) is 6.17. The van der Waals surface area contributed by atoms with Crippen LogP contribution in [0.4, 0.5) is 5.69 Å². The van der Waals surface area contributed by atoms with E-state index in [-0.39, 0.29) is 5.56 Å². The molecule has 0 saturated heterocycles. The van der Waals surface area contributed by atoms with E-state index >= 15 is 0 Å². The predicted octanol–water partition coefficient (Wildman–Crippen LogP) is 4.71. The van der Waals surface area contributed by atoms with Crippen LogP contribution in [0.5, 0.6) is 5.75 Å². The molecule has 0 spiro atoms. The highest BCUT2D eigenvalue weighted by Gasteiger charge is 2.20. The molecule has 4 rings (SSSR count). The summed E-state index contributed by atoms with van der Waals surface area (Å²) in [5, 5.41) is 5.62. The van der Waals surface area contributed by atoms with Crippen LogP contribution in [-0.4, -0.2) is 17.7 Å². The normalized spacial score (nSPS) is 13.5. The van der Waals surface area contributed by atoms with Crippen LogP contribution in [0.25, 0.3) is 0 Å². The van der Waals surface area contributed by atoms with E-state index in [1.807, 2.05) is 18.3 Å². The lowest BCUT2D eigenvalue weighted by atomic mass is 10.1. The first-order chi connectivity index (χ1) is 13.7. The summed E-state index contributed by atoms with van der Waals surface area (Å²) in [6.45, 7) is 4.32. The van der Waals surface area contributed by atoms with E-state index in [0.29, 0.717) is 18.9 Å². The quantitative estimate of drug-likeness (QED) is 0.572. The second-order valence-electron chi connectivity index (χ2n) is 7.42. The molecule has 0 bridgehead atoms. The number of nitrogens with zero attached hydrogens (tertiary/aromatic N) is 1. The molecule has 3 aromatic rings. The van der Waals surface area contributed by atoms with Crippen molar-refractivity contribution in [2.75, 3.05) is 18.5 Å². The van der Waals surface area contributed by atoms with Crippen molar-refractivity contribution in [2.24, 2.45) is 5.92 Å². The standard InChI is InChI=1S/C23H26N2O2S/c1-17-19(4-2-6-22(17)24-15-18-7-8-18)16-25-11-9-20(14-23(25)26)27-12-10-21-5-3-13-28-21/h2-6,9,11,13-14,18,24H,7-8,10,12,15-16H2,1H3. The zero-order valence-corrected chi connectivity index (χ0v) is 17.0. The van der Waals surface area contributed by atoms with Gasteiger partial charge in [-0.05, 0) is 60.4 Å². The lowest BCUT2D eigenvalue weighted by molar-refractivity contribution is 0.321. The molecule has 0 atom stereocenters. The Kier molecular flexibility index (Phi) is 5.81. The maximum atomic E-state index is 12.5. The Labute approximate surface area is 169 Å². The third kappa shape index (κ3) is 4.84. The summed E-state index contributed by atoms with van der Waals surface area (Å²) in [6.07, 6.45) is 5.36. The van der Waals surface area contributed by atoms with E-state index < -0.39 is 0 Å². The molecular weight excluding hydrogens is 368 g/mol. The fourth-order valence-corrected chi connectivity index (χ4v) is 3.93. The number of thiophene rings is 1. The van der Waals surface area contributed by atoms with E-state index in [9.17, 15) is 4.79 Å². The molecule has 1 aliphatic rings. The lowest BCUT2D eigenvalue weighted by Gasteiger charge is -2.14. The van der Waals surface area contributed by atoms with Crippen LogP contribution in [0.15, 0.2) is 58.8 Å². The molecule has 1 aromatic carbocycles. The summed E-state index contributed by atoms with van der Waals surface area (Å²) in [5.41, 5.74) is 3.51. The fourth-order valence-electron chi connectivity index (χ4n) is 3.24. The molecule has 4 nitrogen and oxygen atoms in total. The molecule has 1 N–H and O–H groups in total. The Morgan fingerprint density at radius 2 is 2.11 bits per heavy atom. The van der Waals surface area contributed by atoms with Gasteiger partial charge in [-0.3, -0.25) is 4.79 Å². The van der Waals surface area contributed by atoms with Gasteiger partial charge in [0.15, 0.2) is 0 Å². The Hall–Kier alpha value is -2.53. The zero-order chi connectivity index (χ0) is 19.3. The summed E-state index contributed by atoms with van der Waals surface area (Å²) >= 11 is 1.72. The van der Waals surface area contributed by atoms with Crippen LogP contribution in [0.3, 0.4) is 0 Å². The van der Waals surface area contributed by atoms with Gasteiger partial charge in [0.1, 0.15) is 5.75 Å². The summed E-state index contributed by atoms with van der Waals surface area (Å²) < 4.78 is 7.49. The van der Waals surface area contributed by atoms with Gasteiger partial charge < -0.3 is 14.6 Å². The SMILES string of the molecule is Cc1c(Cn2ccc(OCCc3cccs3)cc2=O)cccc1NCC1CC1. The lowest BCUT2D eigenvalue weighted by Crippen LogP contribution is -2.20. The van der Waals surface area contributed by atoms with Crippen LogP contribution >= 0.6 is 11.3 Å². The number of hydrogen-bond donors (Lipinski definition) is 1. The van der Waals surface area contributed by atoms with Gasteiger partial charge in [0, 0.05) is 35.8 Å². The number of aromatic nitrogens is 1. The largest absolute Gasteiger partial charge is 0.493 e. The van der Waals surface area contributed by atoms with E-state index in [1.54, 1.807) is 22.0 Å². The third-order valence-electron chi connectivity index (χ3n) is 5.23. The molecule has 1 aliphatic carbocycles. The van der Waals surface area contributed by atoms with Gasteiger partial charge in [-0.15, -0.1) is 11.3 Å². The molecule has 1 saturated carbocycles. The number of anilines is 1. The topological polar surface area (TPSA) is 43.3 Å². The fraction of sp³-hybridized carbons (Fsp3) is 0.348. The van der Waals surface area contributed by atoms with Crippen LogP contribution in [0.2, 0.25) is 0 Å². The minimum Gasteiger partial charge on any atom is -0.493 e. The van der Waals surface area contributed by atoms with Gasteiger partial charge >= 0.3 is 0 Å². The van der Waals surface area contributed by atoms with Crippen LogP contribution < -0.4 is 15.6 Å². The molecule has 0 radical (unpaired) electrons. The van der Waals surface area contributed by atoms with E-state index in [0.717, 1.165) is 24.4 Å². The highest BCUT2D eigenvalue weighted by molar-refractivity contribution is 7.09. The van der Waals surface area contributed by atoms with Crippen molar-refractivity contribution in [1.29, 1.82) is 0 Å². The smallest absolute Gasteiger partial charge is 0.254 e. The Morgan fingerprint density at radius 3 is 2.86 bits per heavy atom. The average molecular weight is 395 g/mol. The minimum atomic E-state index is -0.0376. The number of nitrogens with one attached hydrogen (secondary N) is 1. The number of hydrogen-bond acceptors (Lipinski definition) is 4. The molecule has 0 aliphatic heterocycles. The molecule has 28 heavy (non-hydrogen) atoms. The number of benzene rings is 1. The van der Waals surface area contributed by atoms with Crippen molar-refractivity contribution in [3.8, 4) is 5.75 Å². The highest BCUT2D eigenvalue weighted by atomic mass is 32.1. The van der Waals surface area contributed by atoms with Gasteiger partial charge in [-0.1, -0.05) is 18.2 Å². The van der Waals surface area contributed by atoms with Crippen molar-refractivity contribution >= 4 is 17.0 Å². The molecule has 0 unspecified atom stereocenters. The Balaban J connectivity index is 1.39. The average Bonchev–Trinajstić information content (AvgIpc) is 3.38. The number of rotatable bonds is 9. The molecule has 0 amide bonds. The van der Waals surface area contributed by atoms with Crippen LogP contribution in [0.1, 0.15) is 28.8 Å². The van der Waals surface area contributed by atoms with Crippen molar-refractivity contribution in [3.05, 3.63) is 80.4 Å². The number of pyridine rings is 1. The number of ether oxygens (including phenoxy) is 1. The van der Waals surface area contributed by atoms with Crippen molar-refractivity contribution in [2.45, 2.75) is 32.7 Å². The first-order valence-corrected chi connectivity index (χ1v) is 10.7. The Morgan fingerprint density at radius 1 is 1.21 bits per heavy atom. The summed E-state index contributed by atoms with van der Waals surface area (Å²) in [7, 11) is 0. The van der Waals surface area contributed by atoms with Gasteiger partial charge in [-0.2, -0.15) is 0 Å². The first-order valence-electron chi connectivity index (χ1n) is 9.87. The monoisotopic (exact) mass is 394 g/mol. The maximum absolute atomic E-state index is 12.5. The van der Waals surface area contributed by atoms with Gasteiger partial charge in [-0.25, -0.2) is 0 Å². The van der Waals surface area contributed by atoms with E-state index in [2.05, 4.69) is 41.9 Å². The van der Waals surface area contributed by atoms with Gasteiger partial charge in [0.2, 0.25) is 0 Å². The molecule has 1 fully saturated rings. The minimum absolute atomic E-state index is 0.0376. The van der Waals surface area contributed by atoms with Gasteiger partial charge in [0.25, 0.3) is 5.56 Å². The van der Waals surface area contributed by atoms with Crippen LogP contribution in [-0.2, 0) is 13.0 Å². The summed E-state index contributed by atoms with van der Waals surface area (Å²) in [6, 6.07) is 13.9. The summed E-state index contributed by atoms with van der Waals surface area (Å²) in [5.74, 6) is 1.47. The van der Waals surface area contributed by atoms with E-state index in [4.69, 9.17) is 4.74 Å². The van der Waals surface area contributed by atoms with Crippen molar-refractivity contribution in [3.63, 3.8) is 0 Å². The predicted molar refractivity (Wildman–Crippen MR) is 116 cm³/mol. The van der Waals surface area contributed by atoms with Gasteiger partial charge in [0.05, 0.1) is 13.2 Å². The molecule has 5 heteroatoms. The Bertz CT molecular complexity index is 975. The molecule has 2 heterocycles. The second-order valence-corrected chi connectivity index (χ2v) is 8.45. The van der Waals surface area contributed by atoms with E-state index in [1.165, 1.54) is 29.0 Å². The highest BCUT2D eigenvalue weighted by Crippen LogP contribution is 2.30. The van der Waals surface area contributed by atoms with Crippen molar-refractivity contribution < 1.29 is 4.74 Å². The second kappa shape index (κ2) is 8.65. The van der Waals surface area contributed by atoms with Crippen LogP contribution in [0, 0.1) is 12.8 Å². The molecular formula is C23H26N2O2S. The summed E-state index contributed by atoms with van der Waals surface area (Å²) in [4.78, 5) is 13.8.